The molecule has 0 unspecified atom stereocenters. The quantitative estimate of drug-likeness (QED) is 0.895. The van der Waals surface area contributed by atoms with Gasteiger partial charge in [-0.25, -0.2) is 8.42 Å². The Hall–Kier alpha value is -0.590. The predicted octanol–water partition coefficient (Wildman–Crippen LogP) is 1.62. The monoisotopic (exact) mass is 321 g/mol. The Morgan fingerprint density at radius 3 is 2.53 bits per heavy atom. The molecule has 96 valence electrons. The molecule has 6 heteroatoms. The van der Waals surface area contributed by atoms with Gasteiger partial charge < -0.3 is 10.1 Å². The van der Waals surface area contributed by atoms with Gasteiger partial charge in [-0.05, 0) is 53.6 Å². The molecule has 0 aliphatic carbocycles. The first-order chi connectivity index (χ1) is 7.90. The predicted molar refractivity (Wildman–Crippen MR) is 71.4 cm³/mol. The van der Waals surface area contributed by atoms with Gasteiger partial charge in [0.05, 0.1) is 11.6 Å². The zero-order valence-electron chi connectivity index (χ0n) is 10.1. The summed E-state index contributed by atoms with van der Waals surface area (Å²) in [4.78, 5) is 0.223. The Labute approximate surface area is 110 Å². The van der Waals surface area contributed by atoms with Crippen LogP contribution in [0, 0.1) is 0 Å². The van der Waals surface area contributed by atoms with Crippen LogP contribution >= 0.6 is 15.9 Å². The minimum absolute atomic E-state index is 0.223. The standard InChI is InChI=1S/C11H16BrNO3S/c1-13-5-4-8-6-9(12)11(16-2)10(7-8)17(3,14)15/h6-7,13H,4-5H2,1-3H3. The molecule has 1 aromatic rings. The number of methoxy groups -OCH3 is 1. The van der Waals surface area contributed by atoms with Gasteiger partial charge in [0.15, 0.2) is 15.6 Å². The first-order valence-corrected chi connectivity index (χ1v) is 7.79. The van der Waals surface area contributed by atoms with Crippen LogP contribution in [-0.4, -0.2) is 35.4 Å². The molecular formula is C11H16BrNO3S. The fraction of sp³-hybridized carbons (Fsp3) is 0.455. The molecule has 1 N–H and O–H groups in total. The van der Waals surface area contributed by atoms with Crippen LogP contribution in [0.25, 0.3) is 0 Å². The van der Waals surface area contributed by atoms with E-state index in [1.807, 2.05) is 13.1 Å². The molecular weight excluding hydrogens is 306 g/mol. The van der Waals surface area contributed by atoms with E-state index in [9.17, 15) is 8.42 Å². The van der Waals surface area contributed by atoms with Crippen LogP contribution in [0.2, 0.25) is 0 Å². The Balaban J connectivity index is 3.29. The van der Waals surface area contributed by atoms with E-state index >= 15 is 0 Å². The van der Waals surface area contributed by atoms with Crippen molar-refractivity contribution >= 4 is 25.8 Å². The second-order valence-electron chi connectivity index (χ2n) is 3.73. The molecule has 0 saturated carbocycles. The summed E-state index contributed by atoms with van der Waals surface area (Å²) in [5.74, 6) is 0.362. The summed E-state index contributed by atoms with van der Waals surface area (Å²) in [6.07, 6.45) is 1.95. The normalized spacial score (nSPS) is 11.5. The highest BCUT2D eigenvalue weighted by Gasteiger charge is 2.18. The summed E-state index contributed by atoms with van der Waals surface area (Å²) in [7, 11) is 0.0265. The van der Waals surface area contributed by atoms with E-state index in [4.69, 9.17) is 4.74 Å². The maximum atomic E-state index is 11.7. The van der Waals surface area contributed by atoms with E-state index in [1.165, 1.54) is 13.4 Å². The maximum absolute atomic E-state index is 11.7. The number of halogens is 1. The van der Waals surface area contributed by atoms with Crippen molar-refractivity contribution in [3.63, 3.8) is 0 Å². The van der Waals surface area contributed by atoms with Crippen molar-refractivity contribution in [3.8, 4) is 5.75 Å². The van der Waals surface area contributed by atoms with Crippen molar-refractivity contribution < 1.29 is 13.2 Å². The first kappa shape index (κ1) is 14.5. The molecule has 17 heavy (non-hydrogen) atoms. The number of hydrogen-bond acceptors (Lipinski definition) is 4. The summed E-state index contributed by atoms with van der Waals surface area (Å²) >= 11 is 3.33. The van der Waals surface area contributed by atoms with E-state index < -0.39 is 9.84 Å². The fourth-order valence-electron chi connectivity index (χ4n) is 1.51. The number of hydrogen-bond donors (Lipinski definition) is 1. The topological polar surface area (TPSA) is 55.4 Å². The second-order valence-corrected chi connectivity index (χ2v) is 6.57. The van der Waals surface area contributed by atoms with Crippen molar-refractivity contribution in [1.29, 1.82) is 0 Å². The van der Waals surface area contributed by atoms with Crippen molar-refractivity contribution in [1.82, 2.24) is 5.32 Å². The van der Waals surface area contributed by atoms with E-state index in [1.54, 1.807) is 6.07 Å². The lowest BCUT2D eigenvalue weighted by molar-refractivity contribution is 0.400. The molecule has 0 fully saturated rings. The van der Waals surface area contributed by atoms with Crippen LogP contribution in [0.4, 0.5) is 0 Å². The van der Waals surface area contributed by atoms with Crippen molar-refractivity contribution in [2.75, 3.05) is 27.0 Å². The van der Waals surface area contributed by atoms with Crippen LogP contribution in [0.1, 0.15) is 5.56 Å². The van der Waals surface area contributed by atoms with Crippen LogP contribution in [-0.2, 0) is 16.3 Å². The highest BCUT2D eigenvalue weighted by molar-refractivity contribution is 9.10. The molecule has 0 aliphatic heterocycles. The lowest BCUT2D eigenvalue weighted by atomic mass is 10.1. The van der Waals surface area contributed by atoms with E-state index in [0.717, 1.165) is 18.5 Å². The van der Waals surface area contributed by atoms with Gasteiger partial charge in [0.1, 0.15) is 4.90 Å². The lowest BCUT2D eigenvalue weighted by Gasteiger charge is -2.11. The van der Waals surface area contributed by atoms with E-state index in [2.05, 4.69) is 21.2 Å². The number of ether oxygens (including phenoxy) is 1. The van der Waals surface area contributed by atoms with Crippen molar-refractivity contribution in [3.05, 3.63) is 22.2 Å². The zero-order chi connectivity index (χ0) is 13.1. The van der Waals surface area contributed by atoms with Gasteiger partial charge in [-0.2, -0.15) is 0 Å². The first-order valence-electron chi connectivity index (χ1n) is 5.11. The summed E-state index contributed by atoms with van der Waals surface area (Å²) in [5.41, 5.74) is 0.951. The second kappa shape index (κ2) is 5.84. The van der Waals surface area contributed by atoms with E-state index in [0.29, 0.717) is 10.2 Å². The lowest BCUT2D eigenvalue weighted by Crippen LogP contribution is -2.11. The maximum Gasteiger partial charge on any atom is 0.179 e. The van der Waals surface area contributed by atoms with Gasteiger partial charge in [0, 0.05) is 6.26 Å². The molecule has 0 aliphatic rings. The Kier molecular flexibility index (Phi) is 4.97. The van der Waals surface area contributed by atoms with Gasteiger partial charge in [0.25, 0.3) is 0 Å². The number of benzene rings is 1. The molecule has 0 bridgehead atoms. The number of rotatable bonds is 5. The molecule has 0 heterocycles. The van der Waals surface area contributed by atoms with Gasteiger partial charge >= 0.3 is 0 Å². The molecule has 0 saturated heterocycles. The number of nitrogens with one attached hydrogen (secondary N) is 1. The third kappa shape index (κ3) is 3.69. The number of likely N-dealkylation sites (N-methyl/N-ethyl adjacent to an activating group) is 1. The van der Waals surface area contributed by atoms with Gasteiger partial charge in [0.2, 0.25) is 0 Å². The van der Waals surface area contributed by atoms with E-state index in [-0.39, 0.29) is 4.90 Å². The minimum atomic E-state index is -3.29. The molecule has 0 amide bonds. The Morgan fingerprint density at radius 2 is 2.06 bits per heavy atom. The van der Waals surface area contributed by atoms with Crippen molar-refractivity contribution in [2.45, 2.75) is 11.3 Å². The largest absolute Gasteiger partial charge is 0.494 e. The highest BCUT2D eigenvalue weighted by Crippen LogP contribution is 2.33. The molecule has 0 atom stereocenters. The molecule has 1 aromatic carbocycles. The van der Waals surface area contributed by atoms with Crippen LogP contribution in [0.5, 0.6) is 5.75 Å². The molecule has 1 rings (SSSR count). The zero-order valence-corrected chi connectivity index (χ0v) is 12.5. The summed E-state index contributed by atoms with van der Waals surface area (Å²) < 4.78 is 29.1. The minimum Gasteiger partial charge on any atom is -0.494 e. The summed E-state index contributed by atoms with van der Waals surface area (Å²) in [6, 6.07) is 3.54. The van der Waals surface area contributed by atoms with Crippen LogP contribution < -0.4 is 10.1 Å². The van der Waals surface area contributed by atoms with Gasteiger partial charge in [-0.1, -0.05) is 0 Å². The molecule has 0 radical (unpaired) electrons. The van der Waals surface area contributed by atoms with Crippen LogP contribution in [0.3, 0.4) is 0 Å². The molecule has 4 nitrogen and oxygen atoms in total. The average molecular weight is 322 g/mol. The highest BCUT2D eigenvalue weighted by atomic mass is 79.9. The third-order valence-electron chi connectivity index (χ3n) is 2.34. The molecule has 0 spiro atoms. The summed E-state index contributed by atoms with van der Waals surface area (Å²) in [6.45, 7) is 0.794. The third-order valence-corrected chi connectivity index (χ3v) is 4.03. The molecule has 0 aromatic heterocycles. The SMILES string of the molecule is CNCCc1cc(Br)c(OC)c(S(C)(=O)=O)c1. The Bertz CT molecular complexity index is 500. The smallest absolute Gasteiger partial charge is 0.179 e. The van der Waals surface area contributed by atoms with Gasteiger partial charge in [-0.3, -0.25) is 0 Å². The Morgan fingerprint density at radius 1 is 1.41 bits per heavy atom. The van der Waals surface area contributed by atoms with Crippen molar-refractivity contribution in [2.24, 2.45) is 0 Å². The summed E-state index contributed by atoms with van der Waals surface area (Å²) in [5, 5.41) is 3.03. The van der Waals surface area contributed by atoms with Crippen LogP contribution in [0.15, 0.2) is 21.5 Å². The fourth-order valence-corrected chi connectivity index (χ4v) is 3.21. The van der Waals surface area contributed by atoms with Gasteiger partial charge in [-0.15, -0.1) is 0 Å². The number of sulfone groups is 1. The average Bonchev–Trinajstić information content (AvgIpc) is 2.24.